The molecule has 31 heavy (non-hydrogen) atoms. The molecule has 160 valence electrons. The smallest absolute Gasteiger partial charge is 0.328 e. The Morgan fingerprint density at radius 2 is 1.55 bits per heavy atom. The molecule has 0 bridgehead atoms. The van der Waals surface area contributed by atoms with E-state index in [1.807, 2.05) is 54.6 Å². The first-order valence-electron chi connectivity index (χ1n) is 10.0. The molecule has 0 aliphatic heterocycles. The number of nitrogens with zero attached hydrogens (tertiary/aromatic N) is 1. The number of benzene rings is 3. The van der Waals surface area contributed by atoms with Crippen LogP contribution < -0.4 is 5.73 Å². The molecule has 0 saturated carbocycles. The van der Waals surface area contributed by atoms with Gasteiger partial charge in [0.25, 0.3) is 5.91 Å². The molecular formula is C25H25BrN2O3. The average Bonchev–Trinajstić information content (AvgIpc) is 2.82. The average molecular weight is 481 g/mol. The summed E-state index contributed by atoms with van der Waals surface area (Å²) in [6, 6.07) is 24.3. The molecule has 3 aromatic rings. The topological polar surface area (TPSA) is 72.6 Å². The Balaban J connectivity index is 1.86. The van der Waals surface area contributed by atoms with Crippen LogP contribution in [0.15, 0.2) is 83.3 Å². The van der Waals surface area contributed by atoms with Gasteiger partial charge in [0.05, 0.1) is 7.11 Å². The van der Waals surface area contributed by atoms with Gasteiger partial charge in [0, 0.05) is 29.5 Å². The van der Waals surface area contributed by atoms with Crippen LogP contribution in [0.5, 0.6) is 0 Å². The van der Waals surface area contributed by atoms with Crippen LogP contribution in [0, 0.1) is 0 Å². The van der Waals surface area contributed by atoms with Gasteiger partial charge in [-0.3, -0.25) is 4.79 Å². The zero-order valence-electron chi connectivity index (χ0n) is 17.3. The maximum absolute atomic E-state index is 13.2. The zero-order valence-corrected chi connectivity index (χ0v) is 18.9. The maximum Gasteiger partial charge on any atom is 0.328 e. The van der Waals surface area contributed by atoms with Crippen molar-refractivity contribution in [1.29, 1.82) is 0 Å². The van der Waals surface area contributed by atoms with E-state index in [1.54, 1.807) is 24.3 Å². The van der Waals surface area contributed by atoms with Crippen LogP contribution in [0.1, 0.15) is 15.9 Å². The Kier molecular flexibility index (Phi) is 7.98. The van der Waals surface area contributed by atoms with Crippen LogP contribution in [-0.4, -0.2) is 43.0 Å². The van der Waals surface area contributed by atoms with E-state index in [1.165, 1.54) is 12.0 Å². The van der Waals surface area contributed by atoms with Crippen molar-refractivity contribution in [3.63, 3.8) is 0 Å². The van der Waals surface area contributed by atoms with Gasteiger partial charge in [-0.25, -0.2) is 4.79 Å². The second kappa shape index (κ2) is 10.9. The highest BCUT2D eigenvalue weighted by atomic mass is 79.9. The minimum atomic E-state index is -0.771. The van der Waals surface area contributed by atoms with Crippen molar-refractivity contribution >= 4 is 27.8 Å². The number of hydrogen-bond donors (Lipinski definition) is 1. The first kappa shape index (κ1) is 22.7. The lowest BCUT2D eigenvalue weighted by Gasteiger charge is -2.30. The third-order valence-corrected chi connectivity index (χ3v) is 5.59. The van der Waals surface area contributed by atoms with E-state index in [2.05, 4.69) is 15.9 Å². The predicted octanol–water partition coefficient (Wildman–Crippen LogP) is 4.30. The van der Waals surface area contributed by atoms with Gasteiger partial charge < -0.3 is 15.4 Å². The van der Waals surface area contributed by atoms with Gasteiger partial charge in [-0.2, -0.15) is 0 Å². The summed E-state index contributed by atoms with van der Waals surface area (Å²) in [5.41, 5.74) is 9.40. The quantitative estimate of drug-likeness (QED) is 0.487. The van der Waals surface area contributed by atoms with E-state index in [-0.39, 0.29) is 19.0 Å². The highest BCUT2D eigenvalue weighted by Crippen LogP contribution is 2.21. The summed E-state index contributed by atoms with van der Waals surface area (Å²) in [5.74, 6) is -0.722. The van der Waals surface area contributed by atoms with Gasteiger partial charge in [-0.05, 0) is 41.0 Å². The van der Waals surface area contributed by atoms with Crippen molar-refractivity contribution in [2.75, 3.05) is 20.2 Å². The fourth-order valence-electron chi connectivity index (χ4n) is 3.44. The Hall–Kier alpha value is -2.96. The third kappa shape index (κ3) is 5.81. The van der Waals surface area contributed by atoms with Crippen molar-refractivity contribution in [3.8, 4) is 11.1 Å². The molecule has 2 N–H and O–H groups in total. The van der Waals surface area contributed by atoms with Crippen LogP contribution in [0.25, 0.3) is 11.1 Å². The van der Waals surface area contributed by atoms with Crippen molar-refractivity contribution in [3.05, 3.63) is 94.5 Å². The van der Waals surface area contributed by atoms with Crippen LogP contribution in [0.4, 0.5) is 0 Å². The molecule has 1 atom stereocenters. The Labute approximate surface area is 191 Å². The van der Waals surface area contributed by atoms with Gasteiger partial charge in [0.1, 0.15) is 6.04 Å². The molecule has 0 heterocycles. The van der Waals surface area contributed by atoms with Crippen molar-refractivity contribution in [1.82, 2.24) is 4.90 Å². The number of halogens is 1. The van der Waals surface area contributed by atoms with E-state index in [0.717, 1.165) is 21.2 Å². The SMILES string of the molecule is COC(=O)[C@H](Cc1ccc(-c2ccccc2)cc1)N(CCN)C(=O)c1ccc(Br)cc1. The van der Waals surface area contributed by atoms with Crippen molar-refractivity contribution in [2.24, 2.45) is 5.73 Å². The van der Waals surface area contributed by atoms with Gasteiger partial charge in [-0.15, -0.1) is 0 Å². The van der Waals surface area contributed by atoms with Gasteiger partial charge >= 0.3 is 5.97 Å². The molecule has 6 heteroatoms. The largest absolute Gasteiger partial charge is 0.467 e. The van der Waals surface area contributed by atoms with Gasteiger partial charge in [-0.1, -0.05) is 70.5 Å². The third-order valence-electron chi connectivity index (χ3n) is 5.06. The Morgan fingerprint density at radius 3 is 2.13 bits per heavy atom. The molecule has 0 spiro atoms. The van der Waals surface area contributed by atoms with Crippen molar-refractivity contribution in [2.45, 2.75) is 12.5 Å². The first-order chi connectivity index (χ1) is 15.0. The number of ether oxygens (including phenoxy) is 1. The normalized spacial score (nSPS) is 11.6. The molecule has 0 unspecified atom stereocenters. The van der Waals surface area contributed by atoms with Crippen LogP contribution in [0.2, 0.25) is 0 Å². The van der Waals surface area contributed by atoms with Gasteiger partial charge in [0.2, 0.25) is 0 Å². The van der Waals surface area contributed by atoms with E-state index >= 15 is 0 Å². The molecule has 0 saturated heterocycles. The van der Waals surface area contributed by atoms with E-state index in [4.69, 9.17) is 10.5 Å². The summed E-state index contributed by atoms with van der Waals surface area (Å²) < 4.78 is 5.90. The molecule has 0 aliphatic carbocycles. The van der Waals surface area contributed by atoms with Crippen LogP contribution in [0.3, 0.4) is 0 Å². The molecule has 1 amide bonds. The standard InChI is InChI=1S/C25H25BrN2O3/c1-31-25(30)23(28(16-15-27)24(29)21-11-13-22(26)14-12-21)17-18-7-9-20(10-8-18)19-5-3-2-4-6-19/h2-14,23H,15-17,27H2,1H3/t23-/m0/s1. The number of rotatable bonds is 8. The molecular weight excluding hydrogens is 456 g/mol. The number of nitrogens with two attached hydrogens (primary N) is 1. The van der Waals surface area contributed by atoms with Crippen molar-refractivity contribution < 1.29 is 14.3 Å². The predicted molar refractivity (Wildman–Crippen MR) is 126 cm³/mol. The second-order valence-electron chi connectivity index (χ2n) is 7.10. The number of amides is 1. The number of hydrogen-bond acceptors (Lipinski definition) is 4. The molecule has 0 fully saturated rings. The number of carbonyl (C=O) groups excluding carboxylic acids is 2. The molecule has 0 aliphatic rings. The highest BCUT2D eigenvalue weighted by Gasteiger charge is 2.31. The lowest BCUT2D eigenvalue weighted by molar-refractivity contribution is -0.146. The molecule has 0 radical (unpaired) electrons. The molecule has 3 rings (SSSR count). The summed E-state index contributed by atoms with van der Waals surface area (Å²) in [6.07, 6.45) is 0.337. The number of methoxy groups -OCH3 is 1. The fourth-order valence-corrected chi connectivity index (χ4v) is 3.70. The maximum atomic E-state index is 13.2. The van der Waals surface area contributed by atoms with Crippen LogP contribution >= 0.6 is 15.9 Å². The van der Waals surface area contributed by atoms with E-state index in [0.29, 0.717) is 12.0 Å². The second-order valence-corrected chi connectivity index (χ2v) is 8.02. The Morgan fingerprint density at radius 1 is 0.935 bits per heavy atom. The summed E-state index contributed by atoms with van der Waals surface area (Å²) in [4.78, 5) is 27.3. The summed E-state index contributed by atoms with van der Waals surface area (Å²) in [7, 11) is 1.33. The highest BCUT2D eigenvalue weighted by molar-refractivity contribution is 9.10. The van der Waals surface area contributed by atoms with E-state index < -0.39 is 12.0 Å². The minimum Gasteiger partial charge on any atom is -0.467 e. The first-order valence-corrected chi connectivity index (χ1v) is 10.8. The number of carbonyl (C=O) groups is 2. The fraction of sp³-hybridized carbons (Fsp3) is 0.200. The van der Waals surface area contributed by atoms with Crippen LogP contribution in [-0.2, 0) is 16.0 Å². The molecule has 0 aromatic heterocycles. The Bertz CT molecular complexity index is 1010. The summed E-state index contributed by atoms with van der Waals surface area (Å²) >= 11 is 3.37. The molecule has 3 aromatic carbocycles. The van der Waals surface area contributed by atoms with E-state index in [9.17, 15) is 9.59 Å². The number of esters is 1. The summed E-state index contributed by atoms with van der Waals surface area (Å²) in [6.45, 7) is 0.486. The molecule has 5 nitrogen and oxygen atoms in total. The summed E-state index contributed by atoms with van der Waals surface area (Å²) in [5, 5.41) is 0. The monoisotopic (exact) mass is 480 g/mol. The lowest BCUT2D eigenvalue weighted by atomic mass is 9.99. The van der Waals surface area contributed by atoms with Gasteiger partial charge in [0.15, 0.2) is 0 Å². The minimum absolute atomic E-state index is 0.239. The lowest BCUT2D eigenvalue weighted by Crippen LogP contribution is -2.49. The zero-order chi connectivity index (χ0) is 22.2.